The van der Waals surface area contributed by atoms with Crippen molar-refractivity contribution in [3.8, 4) is 11.4 Å². The number of tetrazole rings is 1. The average Bonchev–Trinajstić information content (AvgIpc) is 3.01. The van der Waals surface area contributed by atoms with E-state index in [1.54, 1.807) is 20.8 Å². The highest BCUT2D eigenvalue weighted by atomic mass is 16.6. The molecule has 1 aromatic carbocycles. The molecule has 0 radical (unpaired) electrons. The number of ether oxygens (including phenoxy) is 1. The van der Waals surface area contributed by atoms with Gasteiger partial charge < -0.3 is 10.1 Å². The number of carbonyl (C=O) groups is 2. The van der Waals surface area contributed by atoms with E-state index in [-0.39, 0.29) is 18.2 Å². The van der Waals surface area contributed by atoms with E-state index >= 15 is 0 Å². The van der Waals surface area contributed by atoms with Gasteiger partial charge in [0.1, 0.15) is 12.1 Å². The molecule has 1 aromatic heterocycles. The van der Waals surface area contributed by atoms with Crippen LogP contribution >= 0.6 is 0 Å². The Kier molecular flexibility index (Phi) is 6.65. The van der Waals surface area contributed by atoms with E-state index in [1.165, 1.54) is 4.80 Å². The number of benzene rings is 1. The SMILES string of the molecule is CC(C)C[C@H](NC(=O)OC(C)(C)C)C(=O)Cn1nnc(-c2ccccc2)n1. The molecular formula is C19H27N5O3. The van der Waals surface area contributed by atoms with Crippen LogP contribution in [-0.2, 0) is 16.1 Å². The van der Waals surface area contributed by atoms with E-state index in [2.05, 4.69) is 20.7 Å². The van der Waals surface area contributed by atoms with E-state index in [0.29, 0.717) is 12.2 Å². The fourth-order valence-electron chi connectivity index (χ4n) is 2.45. The number of Topliss-reactive ketones (excluding diaryl/α,β-unsaturated/α-hetero) is 1. The van der Waals surface area contributed by atoms with Crippen molar-refractivity contribution < 1.29 is 14.3 Å². The summed E-state index contributed by atoms with van der Waals surface area (Å²) in [6.07, 6.45) is -0.115. The molecule has 0 aliphatic rings. The molecule has 1 atom stereocenters. The molecule has 1 N–H and O–H groups in total. The fraction of sp³-hybridized carbons (Fsp3) is 0.526. The molecule has 146 valence electrons. The van der Waals surface area contributed by atoms with E-state index in [0.717, 1.165) is 5.56 Å². The van der Waals surface area contributed by atoms with Crippen LogP contribution in [0, 0.1) is 5.92 Å². The zero-order valence-corrected chi connectivity index (χ0v) is 16.5. The lowest BCUT2D eigenvalue weighted by Crippen LogP contribution is -2.45. The third-order valence-electron chi connectivity index (χ3n) is 3.57. The molecule has 1 amide bonds. The van der Waals surface area contributed by atoms with Crippen LogP contribution in [0.3, 0.4) is 0 Å². The van der Waals surface area contributed by atoms with Crippen molar-refractivity contribution in [2.24, 2.45) is 5.92 Å². The maximum absolute atomic E-state index is 12.7. The number of aromatic nitrogens is 4. The van der Waals surface area contributed by atoms with Crippen LogP contribution in [0.2, 0.25) is 0 Å². The second-order valence-electron chi connectivity index (χ2n) is 7.80. The van der Waals surface area contributed by atoms with Gasteiger partial charge in [-0.15, -0.1) is 10.2 Å². The Hall–Kier alpha value is -2.77. The maximum atomic E-state index is 12.7. The molecular weight excluding hydrogens is 346 g/mol. The molecule has 0 fully saturated rings. The topological polar surface area (TPSA) is 99.0 Å². The van der Waals surface area contributed by atoms with Gasteiger partial charge in [-0.2, -0.15) is 4.80 Å². The largest absolute Gasteiger partial charge is 0.444 e. The van der Waals surface area contributed by atoms with Crippen molar-refractivity contribution in [1.29, 1.82) is 0 Å². The smallest absolute Gasteiger partial charge is 0.408 e. The van der Waals surface area contributed by atoms with Gasteiger partial charge in [0.25, 0.3) is 0 Å². The first-order chi connectivity index (χ1) is 12.6. The minimum atomic E-state index is -0.675. The Morgan fingerprint density at radius 1 is 1.19 bits per heavy atom. The molecule has 0 bridgehead atoms. The van der Waals surface area contributed by atoms with Crippen molar-refractivity contribution in [2.75, 3.05) is 0 Å². The Labute approximate surface area is 159 Å². The van der Waals surface area contributed by atoms with Gasteiger partial charge in [-0.3, -0.25) is 4.79 Å². The van der Waals surface area contributed by atoms with E-state index in [9.17, 15) is 9.59 Å². The number of nitrogens with one attached hydrogen (secondary N) is 1. The molecule has 0 saturated heterocycles. The molecule has 0 aliphatic heterocycles. The highest BCUT2D eigenvalue weighted by Crippen LogP contribution is 2.13. The van der Waals surface area contributed by atoms with Crippen LogP contribution < -0.4 is 5.32 Å². The fourth-order valence-corrected chi connectivity index (χ4v) is 2.45. The summed E-state index contributed by atoms with van der Waals surface area (Å²) in [7, 11) is 0. The molecule has 0 spiro atoms. The van der Waals surface area contributed by atoms with E-state index < -0.39 is 17.7 Å². The summed E-state index contributed by atoms with van der Waals surface area (Å²) in [5, 5.41) is 14.8. The van der Waals surface area contributed by atoms with Crippen LogP contribution in [0.1, 0.15) is 41.0 Å². The zero-order valence-electron chi connectivity index (χ0n) is 16.5. The first-order valence-corrected chi connectivity index (χ1v) is 8.99. The van der Waals surface area contributed by atoms with Gasteiger partial charge in [0.2, 0.25) is 5.82 Å². The number of ketones is 1. The summed E-state index contributed by atoms with van der Waals surface area (Å²) in [6.45, 7) is 9.21. The average molecular weight is 373 g/mol. The van der Waals surface area contributed by atoms with Gasteiger partial charge in [-0.05, 0) is 38.3 Å². The summed E-state index contributed by atoms with van der Waals surface area (Å²) >= 11 is 0. The van der Waals surface area contributed by atoms with Gasteiger partial charge in [0, 0.05) is 5.56 Å². The molecule has 0 unspecified atom stereocenters. The zero-order chi connectivity index (χ0) is 20.0. The minimum Gasteiger partial charge on any atom is -0.444 e. The van der Waals surface area contributed by atoms with Gasteiger partial charge in [-0.25, -0.2) is 4.79 Å². The van der Waals surface area contributed by atoms with Crippen molar-refractivity contribution in [3.63, 3.8) is 0 Å². The van der Waals surface area contributed by atoms with E-state index in [4.69, 9.17) is 4.74 Å². The summed E-state index contributed by atoms with van der Waals surface area (Å²) in [4.78, 5) is 26.0. The number of amides is 1. The first kappa shape index (κ1) is 20.5. The van der Waals surface area contributed by atoms with Gasteiger partial charge >= 0.3 is 6.09 Å². The van der Waals surface area contributed by atoms with Gasteiger partial charge in [0.05, 0.1) is 6.04 Å². The predicted molar refractivity (Wildman–Crippen MR) is 101 cm³/mol. The Balaban J connectivity index is 2.05. The van der Waals surface area contributed by atoms with Crippen molar-refractivity contribution in [2.45, 2.75) is 59.2 Å². The molecule has 27 heavy (non-hydrogen) atoms. The molecule has 1 heterocycles. The molecule has 8 heteroatoms. The lowest BCUT2D eigenvalue weighted by atomic mass is 10.0. The molecule has 2 rings (SSSR count). The second-order valence-corrected chi connectivity index (χ2v) is 7.80. The Morgan fingerprint density at radius 3 is 2.44 bits per heavy atom. The van der Waals surface area contributed by atoms with E-state index in [1.807, 2.05) is 44.2 Å². The summed E-state index contributed by atoms with van der Waals surface area (Å²) in [5.74, 6) is 0.466. The van der Waals surface area contributed by atoms with Crippen LogP contribution in [0.4, 0.5) is 4.79 Å². The highest BCUT2D eigenvalue weighted by Gasteiger charge is 2.26. The summed E-state index contributed by atoms with van der Waals surface area (Å²) in [6, 6.07) is 8.72. The molecule has 2 aromatic rings. The third-order valence-corrected chi connectivity index (χ3v) is 3.57. The molecule has 0 aliphatic carbocycles. The van der Waals surface area contributed by atoms with Gasteiger partial charge in [-0.1, -0.05) is 44.2 Å². The number of rotatable bonds is 7. The lowest BCUT2D eigenvalue weighted by Gasteiger charge is -2.23. The van der Waals surface area contributed by atoms with Crippen LogP contribution in [0.25, 0.3) is 11.4 Å². The number of hydrogen-bond donors (Lipinski definition) is 1. The quantitative estimate of drug-likeness (QED) is 0.801. The molecule has 0 saturated carbocycles. The Bertz CT molecular complexity index is 765. The van der Waals surface area contributed by atoms with Crippen LogP contribution in [-0.4, -0.2) is 43.7 Å². The van der Waals surface area contributed by atoms with Crippen LogP contribution in [0.5, 0.6) is 0 Å². The maximum Gasteiger partial charge on any atom is 0.408 e. The van der Waals surface area contributed by atoms with Crippen molar-refractivity contribution >= 4 is 11.9 Å². The minimum absolute atomic E-state index is 0.0764. The normalized spacial score (nSPS) is 12.7. The standard InChI is InChI=1S/C19H27N5O3/c1-13(2)11-15(20-18(26)27-19(3,4)5)16(25)12-24-22-17(21-23-24)14-9-7-6-8-10-14/h6-10,13,15H,11-12H2,1-5H3,(H,20,26)/t15-/m0/s1. The van der Waals surface area contributed by atoms with Crippen molar-refractivity contribution in [1.82, 2.24) is 25.5 Å². The molecule has 8 nitrogen and oxygen atoms in total. The van der Waals surface area contributed by atoms with Gasteiger partial charge in [0.15, 0.2) is 5.78 Å². The first-order valence-electron chi connectivity index (χ1n) is 8.99. The number of alkyl carbamates (subject to hydrolysis) is 1. The monoisotopic (exact) mass is 373 g/mol. The lowest BCUT2D eigenvalue weighted by molar-refractivity contribution is -0.122. The van der Waals surface area contributed by atoms with Crippen LogP contribution in [0.15, 0.2) is 30.3 Å². The predicted octanol–water partition coefficient (Wildman–Crippen LogP) is 2.85. The van der Waals surface area contributed by atoms with Crippen molar-refractivity contribution in [3.05, 3.63) is 30.3 Å². The summed E-state index contributed by atoms with van der Waals surface area (Å²) in [5.41, 5.74) is 0.190. The summed E-state index contributed by atoms with van der Waals surface area (Å²) < 4.78 is 5.26. The second kappa shape index (κ2) is 8.75. The Morgan fingerprint density at radius 2 is 1.85 bits per heavy atom. The number of nitrogens with zero attached hydrogens (tertiary/aromatic N) is 4. The number of carbonyl (C=O) groups excluding carboxylic acids is 2. The number of hydrogen-bond acceptors (Lipinski definition) is 6. The third kappa shape index (κ3) is 6.80. The highest BCUT2D eigenvalue weighted by molar-refractivity contribution is 5.87.